The predicted octanol–water partition coefficient (Wildman–Crippen LogP) is 2.31. The standard InChI is InChI=1S/C16H17ClFNO6S/c1-5-26(22,23)19(4)15-13(24-9(2)20)14(21)16(3,25-15)11-7-6-10(17)8-12(11)18/h6-8H,5H2,1-4H3. The average Bonchev–Trinajstić information content (AvgIpc) is 2.79. The Balaban J connectivity index is 2.60. The average molecular weight is 406 g/mol. The van der Waals surface area contributed by atoms with E-state index >= 15 is 0 Å². The number of carbonyl (C=O) groups excluding carboxylic acids is 2. The highest BCUT2D eigenvalue weighted by Gasteiger charge is 2.52. The Labute approximate surface area is 155 Å². The van der Waals surface area contributed by atoms with Crippen molar-refractivity contribution in [1.29, 1.82) is 0 Å². The number of rotatable bonds is 5. The highest BCUT2D eigenvalue weighted by atomic mass is 35.5. The van der Waals surface area contributed by atoms with Gasteiger partial charge in [-0.3, -0.25) is 9.59 Å². The van der Waals surface area contributed by atoms with E-state index in [0.717, 1.165) is 20.0 Å². The summed E-state index contributed by atoms with van der Waals surface area (Å²) >= 11 is 5.73. The molecule has 0 saturated heterocycles. The van der Waals surface area contributed by atoms with Gasteiger partial charge in [-0.15, -0.1) is 0 Å². The van der Waals surface area contributed by atoms with E-state index in [1.165, 1.54) is 26.0 Å². The molecule has 0 aliphatic carbocycles. The van der Waals surface area contributed by atoms with Gasteiger partial charge in [0.05, 0.1) is 5.75 Å². The molecule has 1 heterocycles. The highest BCUT2D eigenvalue weighted by molar-refractivity contribution is 7.89. The molecule has 1 aromatic carbocycles. The lowest BCUT2D eigenvalue weighted by atomic mass is 9.91. The Hall–Kier alpha value is -2.13. The van der Waals surface area contributed by atoms with E-state index < -0.39 is 44.8 Å². The van der Waals surface area contributed by atoms with Crippen LogP contribution >= 0.6 is 11.6 Å². The molecule has 10 heteroatoms. The molecule has 7 nitrogen and oxygen atoms in total. The van der Waals surface area contributed by atoms with Crippen molar-refractivity contribution in [2.45, 2.75) is 26.4 Å². The first kappa shape index (κ1) is 20.2. The minimum absolute atomic E-state index is 0.111. The van der Waals surface area contributed by atoms with Crippen LogP contribution in [0, 0.1) is 5.82 Å². The van der Waals surface area contributed by atoms with Crippen LogP contribution in [0.25, 0.3) is 0 Å². The van der Waals surface area contributed by atoms with Crippen molar-refractivity contribution in [2.24, 2.45) is 0 Å². The summed E-state index contributed by atoms with van der Waals surface area (Å²) in [5.74, 6) is -3.93. The fraction of sp³-hybridized carbons (Fsp3) is 0.375. The van der Waals surface area contributed by atoms with Gasteiger partial charge < -0.3 is 9.47 Å². The fourth-order valence-corrected chi connectivity index (χ4v) is 3.33. The summed E-state index contributed by atoms with van der Waals surface area (Å²) in [7, 11) is -2.68. The second-order valence-electron chi connectivity index (χ2n) is 5.68. The highest BCUT2D eigenvalue weighted by Crippen LogP contribution is 2.42. The third kappa shape index (κ3) is 3.41. The number of hydrogen-bond donors (Lipinski definition) is 0. The van der Waals surface area contributed by atoms with Crippen molar-refractivity contribution in [3.8, 4) is 0 Å². The number of esters is 1. The summed E-state index contributed by atoms with van der Waals surface area (Å²) in [5, 5.41) is 0.111. The Bertz CT molecular complexity index is 913. The van der Waals surface area contributed by atoms with E-state index in [-0.39, 0.29) is 16.3 Å². The zero-order valence-corrected chi connectivity index (χ0v) is 16.1. The van der Waals surface area contributed by atoms with Crippen molar-refractivity contribution in [3.05, 3.63) is 46.2 Å². The molecule has 26 heavy (non-hydrogen) atoms. The third-order valence-corrected chi connectivity index (χ3v) is 5.86. The van der Waals surface area contributed by atoms with Crippen molar-refractivity contribution >= 4 is 33.4 Å². The monoisotopic (exact) mass is 405 g/mol. The number of hydrogen-bond acceptors (Lipinski definition) is 6. The summed E-state index contributed by atoms with van der Waals surface area (Å²) in [6, 6.07) is 3.60. The van der Waals surface area contributed by atoms with Gasteiger partial charge in [-0.25, -0.2) is 17.1 Å². The number of Topliss-reactive ketones (excluding diaryl/α,β-unsaturated/α-hetero) is 1. The van der Waals surface area contributed by atoms with Crippen molar-refractivity contribution in [3.63, 3.8) is 0 Å². The molecule has 1 atom stereocenters. The smallest absolute Gasteiger partial charge is 0.308 e. The summed E-state index contributed by atoms with van der Waals surface area (Å²) in [6.07, 6.45) is 0. The lowest BCUT2D eigenvalue weighted by Crippen LogP contribution is -2.34. The third-order valence-electron chi connectivity index (χ3n) is 3.89. The van der Waals surface area contributed by atoms with Crippen molar-refractivity contribution in [1.82, 2.24) is 4.31 Å². The molecule has 0 bridgehead atoms. The Morgan fingerprint density at radius 1 is 1.42 bits per heavy atom. The van der Waals surface area contributed by atoms with E-state index in [1.54, 1.807) is 0 Å². The van der Waals surface area contributed by atoms with Crippen LogP contribution in [0.2, 0.25) is 5.02 Å². The normalized spacial score (nSPS) is 20.2. The number of ether oxygens (including phenoxy) is 2. The molecule has 0 amide bonds. The molecular formula is C16H17ClFNO6S. The maximum atomic E-state index is 14.4. The minimum atomic E-state index is -3.83. The molecule has 0 radical (unpaired) electrons. The number of carbonyl (C=O) groups is 2. The maximum Gasteiger partial charge on any atom is 0.308 e. The molecule has 2 rings (SSSR count). The molecule has 0 saturated carbocycles. The van der Waals surface area contributed by atoms with Gasteiger partial charge in [0, 0.05) is 24.6 Å². The van der Waals surface area contributed by atoms with Gasteiger partial charge in [0.25, 0.3) is 11.7 Å². The molecule has 0 spiro atoms. The lowest BCUT2D eigenvalue weighted by Gasteiger charge is -2.26. The Morgan fingerprint density at radius 3 is 2.54 bits per heavy atom. The van der Waals surface area contributed by atoms with Gasteiger partial charge in [-0.1, -0.05) is 17.7 Å². The van der Waals surface area contributed by atoms with E-state index in [0.29, 0.717) is 4.31 Å². The lowest BCUT2D eigenvalue weighted by molar-refractivity contribution is -0.142. The van der Waals surface area contributed by atoms with Gasteiger partial charge in [-0.2, -0.15) is 0 Å². The van der Waals surface area contributed by atoms with E-state index in [4.69, 9.17) is 21.1 Å². The van der Waals surface area contributed by atoms with E-state index in [2.05, 4.69) is 0 Å². The predicted molar refractivity (Wildman–Crippen MR) is 90.9 cm³/mol. The topological polar surface area (TPSA) is 90.0 Å². The van der Waals surface area contributed by atoms with Gasteiger partial charge in [0.15, 0.2) is 0 Å². The van der Waals surface area contributed by atoms with Crippen LogP contribution in [-0.2, 0) is 34.7 Å². The molecule has 0 fully saturated rings. The Morgan fingerprint density at radius 2 is 2.04 bits per heavy atom. The molecule has 1 aliphatic heterocycles. The first-order valence-corrected chi connectivity index (χ1v) is 9.51. The summed E-state index contributed by atoms with van der Waals surface area (Å²) in [6.45, 7) is 3.70. The van der Waals surface area contributed by atoms with E-state index in [1.807, 2.05) is 0 Å². The summed E-state index contributed by atoms with van der Waals surface area (Å²) < 4.78 is 49.8. The fourth-order valence-electron chi connectivity index (χ4n) is 2.41. The zero-order chi connectivity index (χ0) is 19.9. The van der Waals surface area contributed by atoms with Crippen LogP contribution in [-0.4, -0.2) is 37.3 Å². The molecular weight excluding hydrogens is 389 g/mol. The van der Waals surface area contributed by atoms with Crippen LogP contribution in [0.5, 0.6) is 0 Å². The van der Waals surface area contributed by atoms with Crippen LogP contribution < -0.4 is 0 Å². The number of ketones is 1. The number of benzene rings is 1. The SMILES string of the molecule is CCS(=O)(=O)N(C)C1=C(OC(C)=O)C(=O)C(C)(c2ccc(Cl)cc2F)O1. The van der Waals surface area contributed by atoms with E-state index in [9.17, 15) is 22.4 Å². The number of halogens is 2. The molecule has 1 aromatic rings. The number of nitrogens with zero attached hydrogens (tertiary/aromatic N) is 1. The second kappa shape index (κ2) is 6.88. The molecule has 1 unspecified atom stereocenters. The summed E-state index contributed by atoms with van der Waals surface area (Å²) in [4.78, 5) is 24.2. The van der Waals surface area contributed by atoms with Crippen LogP contribution in [0.15, 0.2) is 29.8 Å². The number of sulfonamides is 1. The minimum Gasteiger partial charge on any atom is -0.456 e. The molecule has 142 valence electrons. The van der Waals surface area contributed by atoms with Crippen LogP contribution in [0.1, 0.15) is 26.3 Å². The van der Waals surface area contributed by atoms with Gasteiger partial charge in [0.2, 0.25) is 21.4 Å². The first-order valence-electron chi connectivity index (χ1n) is 7.52. The summed E-state index contributed by atoms with van der Waals surface area (Å²) in [5.41, 5.74) is -2.10. The van der Waals surface area contributed by atoms with Gasteiger partial charge in [0.1, 0.15) is 5.82 Å². The first-order chi connectivity index (χ1) is 11.9. The largest absolute Gasteiger partial charge is 0.456 e. The second-order valence-corrected chi connectivity index (χ2v) is 8.41. The van der Waals surface area contributed by atoms with Crippen molar-refractivity contribution in [2.75, 3.05) is 12.8 Å². The molecule has 0 aromatic heterocycles. The van der Waals surface area contributed by atoms with Crippen molar-refractivity contribution < 1.29 is 31.9 Å². The maximum absolute atomic E-state index is 14.4. The zero-order valence-electron chi connectivity index (χ0n) is 14.5. The Kier molecular flexibility index (Phi) is 5.34. The van der Waals surface area contributed by atoms with Crippen LogP contribution in [0.4, 0.5) is 4.39 Å². The van der Waals surface area contributed by atoms with Gasteiger partial charge >= 0.3 is 5.97 Å². The van der Waals surface area contributed by atoms with Gasteiger partial charge in [-0.05, 0) is 26.0 Å². The molecule has 0 N–H and O–H groups in total. The quantitative estimate of drug-likeness (QED) is 0.698. The molecule has 1 aliphatic rings. The van der Waals surface area contributed by atoms with Crippen LogP contribution in [0.3, 0.4) is 0 Å².